The van der Waals surface area contributed by atoms with Gasteiger partial charge in [-0.05, 0) is 25.1 Å². The lowest BCUT2D eigenvalue weighted by molar-refractivity contribution is 0.0951. The van der Waals surface area contributed by atoms with Gasteiger partial charge in [-0.25, -0.2) is 0 Å². The molecule has 21 heavy (non-hydrogen) atoms. The molecule has 1 aliphatic heterocycles. The molecular weight excluding hydrogens is 270 g/mol. The smallest absolute Gasteiger partial charge is 0.253 e. The number of fused-ring (bicyclic) bond motifs is 1. The molecule has 0 atom stereocenters. The van der Waals surface area contributed by atoms with Crippen LogP contribution in [0.4, 0.5) is 5.69 Å². The van der Waals surface area contributed by atoms with Gasteiger partial charge in [0, 0.05) is 17.4 Å². The summed E-state index contributed by atoms with van der Waals surface area (Å²) in [7, 11) is 0. The van der Waals surface area contributed by atoms with Crippen molar-refractivity contribution in [2.45, 2.75) is 13.5 Å². The molecule has 0 spiro atoms. The number of hydrogen-bond donors (Lipinski definition) is 2. The molecule has 2 aromatic rings. The summed E-state index contributed by atoms with van der Waals surface area (Å²) in [5.74, 6) is 0.821. The number of nitrogens with two attached hydrogens (primary N) is 1. The van der Waals surface area contributed by atoms with E-state index in [1.54, 1.807) is 12.1 Å². The van der Waals surface area contributed by atoms with Crippen LogP contribution in [-0.2, 0) is 6.54 Å². The molecule has 3 N–H and O–H groups in total. The molecule has 6 heteroatoms. The highest BCUT2D eigenvalue weighted by atomic mass is 16.7. The number of nitrogens with zero attached hydrogens (tertiary/aromatic N) is 1. The molecule has 1 aromatic carbocycles. The van der Waals surface area contributed by atoms with E-state index in [1.165, 1.54) is 0 Å². The number of ether oxygens (including phenoxy) is 2. The zero-order valence-corrected chi connectivity index (χ0v) is 11.6. The van der Waals surface area contributed by atoms with E-state index in [-0.39, 0.29) is 12.7 Å². The molecule has 0 aliphatic carbocycles. The predicted molar refractivity (Wildman–Crippen MR) is 77.1 cm³/mol. The minimum absolute atomic E-state index is 0.146. The highest BCUT2D eigenvalue weighted by Gasteiger charge is 2.19. The summed E-state index contributed by atoms with van der Waals surface area (Å²) in [6, 6.07) is 8.86. The van der Waals surface area contributed by atoms with Gasteiger partial charge in [0.25, 0.3) is 5.91 Å². The monoisotopic (exact) mass is 285 g/mol. The second-order valence-corrected chi connectivity index (χ2v) is 4.75. The van der Waals surface area contributed by atoms with Gasteiger partial charge in [-0.1, -0.05) is 6.07 Å². The van der Waals surface area contributed by atoms with E-state index in [2.05, 4.69) is 10.3 Å². The van der Waals surface area contributed by atoms with Crippen molar-refractivity contribution in [1.29, 1.82) is 0 Å². The third-order valence-corrected chi connectivity index (χ3v) is 3.17. The van der Waals surface area contributed by atoms with Gasteiger partial charge in [0.15, 0.2) is 11.5 Å². The Balaban J connectivity index is 1.74. The first kappa shape index (κ1) is 13.2. The number of anilines is 1. The van der Waals surface area contributed by atoms with Gasteiger partial charge >= 0.3 is 0 Å². The topological polar surface area (TPSA) is 86.5 Å². The van der Waals surface area contributed by atoms with Crippen molar-refractivity contribution in [3.05, 3.63) is 47.3 Å². The number of rotatable bonds is 3. The van der Waals surface area contributed by atoms with Crippen molar-refractivity contribution < 1.29 is 14.3 Å². The molecule has 0 radical (unpaired) electrons. The highest BCUT2D eigenvalue weighted by molar-refractivity contribution is 6.00. The van der Waals surface area contributed by atoms with Crippen LogP contribution in [0.2, 0.25) is 0 Å². The summed E-state index contributed by atoms with van der Waals surface area (Å²) in [5, 5.41) is 2.80. The average molecular weight is 285 g/mol. The highest BCUT2D eigenvalue weighted by Crippen LogP contribution is 2.35. The fourth-order valence-corrected chi connectivity index (χ4v) is 2.12. The number of aryl methyl sites for hydroxylation is 1. The second-order valence-electron chi connectivity index (χ2n) is 4.75. The molecule has 0 saturated carbocycles. The molecule has 0 fully saturated rings. The van der Waals surface area contributed by atoms with Crippen LogP contribution in [0.3, 0.4) is 0 Å². The Hall–Kier alpha value is -2.76. The summed E-state index contributed by atoms with van der Waals surface area (Å²) in [6.45, 7) is 2.39. The zero-order valence-electron chi connectivity index (χ0n) is 11.6. The van der Waals surface area contributed by atoms with Crippen LogP contribution >= 0.6 is 0 Å². The lowest BCUT2D eigenvalue weighted by Crippen LogP contribution is -2.24. The van der Waals surface area contributed by atoms with E-state index >= 15 is 0 Å². The summed E-state index contributed by atoms with van der Waals surface area (Å²) in [6.07, 6.45) is 0. The van der Waals surface area contributed by atoms with Crippen molar-refractivity contribution in [2.24, 2.45) is 0 Å². The molecule has 108 valence electrons. The van der Waals surface area contributed by atoms with Gasteiger partial charge in [-0.2, -0.15) is 0 Å². The van der Waals surface area contributed by atoms with Crippen LogP contribution in [0.1, 0.15) is 21.7 Å². The predicted octanol–water partition coefficient (Wildman–Crippen LogP) is 1.63. The average Bonchev–Trinajstić information content (AvgIpc) is 2.91. The number of benzene rings is 1. The quantitative estimate of drug-likeness (QED) is 0.837. The molecule has 2 heterocycles. The first-order chi connectivity index (χ1) is 10.1. The zero-order chi connectivity index (χ0) is 14.8. The first-order valence-electron chi connectivity index (χ1n) is 6.53. The van der Waals surface area contributed by atoms with Gasteiger partial charge in [0.2, 0.25) is 6.79 Å². The van der Waals surface area contributed by atoms with Crippen LogP contribution in [-0.4, -0.2) is 17.7 Å². The standard InChI is InChI=1S/C15H15N3O3/c1-9-3-2-4-10(18-9)7-17-15(19)11-5-13-14(6-12(11)16)21-8-20-13/h2-6H,7-8,16H2,1H3,(H,17,19). The number of aromatic nitrogens is 1. The number of amides is 1. The minimum Gasteiger partial charge on any atom is -0.454 e. The molecule has 1 aliphatic rings. The van der Waals surface area contributed by atoms with Crippen molar-refractivity contribution in [2.75, 3.05) is 12.5 Å². The number of nitrogens with one attached hydrogen (secondary N) is 1. The Morgan fingerprint density at radius 2 is 2.10 bits per heavy atom. The first-order valence-corrected chi connectivity index (χ1v) is 6.53. The molecular formula is C15H15N3O3. The van der Waals surface area contributed by atoms with Crippen LogP contribution in [0.25, 0.3) is 0 Å². The summed E-state index contributed by atoms with van der Waals surface area (Å²) in [5.41, 5.74) is 8.30. The molecule has 0 saturated heterocycles. The molecule has 0 bridgehead atoms. The van der Waals surface area contributed by atoms with E-state index in [0.29, 0.717) is 29.3 Å². The van der Waals surface area contributed by atoms with E-state index in [9.17, 15) is 4.79 Å². The Morgan fingerprint density at radius 1 is 1.33 bits per heavy atom. The number of nitrogen functional groups attached to an aromatic ring is 1. The van der Waals surface area contributed by atoms with Crippen LogP contribution in [0.15, 0.2) is 30.3 Å². The summed E-state index contributed by atoms with van der Waals surface area (Å²) >= 11 is 0. The summed E-state index contributed by atoms with van der Waals surface area (Å²) in [4.78, 5) is 16.5. The molecule has 6 nitrogen and oxygen atoms in total. The van der Waals surface area contributed by atoms with Crippen molar-refractivity contribution in [1.82, 2.24) is 10.3 Å². The maximum atomic E-state index is 12.2. The van der Waals surface area contributed by atoms with Crippen molar-refractivity contribution in [3.63, 3.8) is 0 Å². The third-order valence-electron chi connectivity index (χ3n) is 3.17. The fraction of sp³-hybridized carbons (Fsp3) is 0.200. The van der Waals surface area contributed by atoms with E-state index < -0.39 is 0 Å². The molecule has 1 amide bonds. The fourth-order valence-electron chi connectivity index (χ4n) is 2.12. The van der Waals surface area contributed by atoms with Gasteiger partial charge in [-0.3, -0.25) is 9.78 Å². The lowest BCUT2D eigenvalue weighted by atomic mass is 10.1. The number of hydrogen-bond acceptors (Lipinski definition) is 5. The maximum Gasteiger partial charge on any atom is 0.253 e. The summed E-state index contributed by atoms with van der Waals surface area (Å²) < 4.78 is 10.5. The van der Waals surface area contributed by atoms with Crippen molar-refractivity contribution in [3.8, 4) is 11.5 Å². The Kier molecular flexibility index (Phi) is 3.35. The van der Waals surface area contributed by atoms with Gasteiger partial charge in [-0.15, -0.1) is 0 Å². The maximum absolute atomic E-state index is 12.2. The molecule has 1 aromatic heterocycles. The van der Waals surface area contributed by atoms with Crippen LogP contribution in [0, 0.1) is 6.92 Å². The SMILES string of the molecule is Cc1cccc(CNC(=O)c2cc3c(cc2N)OCO3)n1. The molecule has 0 unspecified atom stereocenters. The van der Waals surface area contributed by atoms with E-state index in [4.69, 9.17) is 15.2 Å². The van der Waals surface area contributed by atoms with Gasteiger partial charge < -0.3 is 20.5 Å². The van der Waals surface area contributed by atoms with E-state index in [0.717, 1.165) is 11.4 Å². The Morgan fingerprint density at radius 3 is 2.86 bits per heavy atom. The number of carbonyl (C=O) groups is 1. The van der Waals surface area contributed by atoms with Gasteiger partial charge in [0.05, 0.1) is 17.8 Å². The normalized spacial score (nSPS) is 12.2. The lowest BCUT2D eigenvalue weighted by Gasteiger charge is -2.08. The second kappa shape index (κ2) is 5.32. The molecule has 3 rings (SSSR count). The third kappa shape index (κ3) is 2.74. The number of carbonyl (C=O) groups excluding carboxylic acids is 1. The van der Waals surface area contributed by atoms with E-state index in [1.807, 2.05) is 25.1 Å². The minimum atomic E-state index is -0.269. The Bertz CT molecular complexity index is 701. The van der Waals surface area contributed by atoms with Gasteiger partial charge in [0.1, 0.15) is 0 Å². The van der Waals surface area contributed by atoms with Crippen LogP contribution in [0.5, 0.6) is 11.5 Å². The van der Waals surface area contributed by atoms with Crippen molar-refractivity contribution >= 4 is 11.6 Å². The number of pyridine rings is 1. The van der Waals surface area contributed by atoms with Crippen LogP contribution < -0.4 is 20.5 Å². The Labute approximate surface area is 121 Å². The largest absolute Gasteiger partial charge is 0.454 e.